The Balaban J connectivity index is 1.98. The van der Waals surface area contributed by atoms with E-state index in [1.165, 1.54) is 6.42 Å². The summed E-state index contributed by atoms with van der Waals surface area (Å²) in [5.41, 5.74) is 0. The standard InChI is InChI=1S/C15H26N2O3/c1-10(2)8-16-14(18)9-17-12-6-4-3-5-11(12)7-13(17)15(19)20/h10-13H,3-9H2,1-2H3,(H,16,18)(H,19,20)/t11-,12+,13-/m0/s1. The molecule has 0 aromatic carbocycles. The van der Waals surface area contributed by atoms with Crippen LogP contribution in [0.3, 0.4) is 0 Å². The molecule has 2 aliphatic rings. The highest BCUT2D eigenvalue weighted by Gasteiger charge is 2.45. The molecule has 2 rings (SSSR count). The van der Waals surface area contributed by atoms with Crippen LogP contribution in [0.1, 0.15) is 46.0 Å². The van der Waals surface area contributed by atoms with Gasteiger partial charge in [0.1, 0.15) is 6.04 Å². The van der Waals surface area contributed by atoms with Crippen LogP contribution in [-0.2, 0) is 9.59 Å². The van der Waals surface area contributed by atoms with Gasteiger partial charge in [0.25, 0.3) is 0 Å². The Morgan fingerprint density at radius 1 is 1.30 bits per heavy atom. The second-order valence-corrected chi connectivity index (χ2v) is 6.57. The molecule has 1 aliphatic heterocycles. The van der Waals surface area contributed by atoms with Gasteiger partial charge < -0.3 is 10.4 Å². The quantitative estimate of drug-likeness (QED) is 0.801. The van der Waals surface area contributed by atoms with Crippen LogP contribution in [0.4, 0.5) is 0 Å². The van der Waals surface area contributed by atoms with Crippen LogP contribution >= 0.6 is 0 Å². The molecule has 0 unspecified atom stereocenters. The maximum atomic E-state index is 12.0. The Morgan fingerprint density at radius 2 is 2.00 bits per heavy atom. The molecule has 2 fully saturated rings. The number of hydrogen-bond donors (Lipinski definition) is 2. The summed E-state index contributed by atoms with van der Waals surface area (Å²) in [6.45, 7) is 4.98. The van der Waals surface area contributed by atoms with Gasteiger partial charge in [-0.15, -0.1) is 0 Å². The number of aliphatic carboxylic acids is 1. The number of carbonyl (C=O) groups is 2. The SMILES string of the molecule is CC(C)CNC(=O)CN1[C@@H]2CCCC[C@H]2C[C@H]1C(=O)O. The number of fused-ring (bicyclic) bond motifs is 1. The van der Waals surface area contributed by atoms with E-state index in [0.717, 1.165) is 19.3 Å². The minimum absolute atomic E-state index is 0.0452. The van der Waals surface area contributed by atoms with Crippen molar-refractivity contribution in [2.75, 3.05) is 13.1 Å². The number of carbonyl (C=O) groups excluding carboxylic acids is 1. The van der Waals surface area contributed by atoms with E-state index < -0.39 is 12.0 Å². The Kier molecular flexibility index (Phi) is 5.02. The second kappa shape index (κ2) is 6.57. The highest BCUT2D eigenvalue weighted by Crippen LogP contribution is 2.39. The van der Waals surface area contributed by atoms with Crippen molar-refractivity contribution in [2.45, 2.75) is 58.0 Å². The third-order valence-corrected chi connectivity index (χ3v) is 4.54. The number of rotatable bonds is 5. The number of hydrogen-bond acceptors (Lipinski definition) is 3. The zero-order valence-electron chi connectivity index (χ0n) is 12.5. The van der Waals surface area contributed by atoms with Gasteiger partial charge in [-0.3, -0.25) is 14.5 Å². The van der Waals surface area contributed by atoms with E-state index in [9.17, 15) is 14.7 Å². The molecule has 1 saturated carbocycles. The van der Waals surface area contributed by atoms with Gasteiger partial charge in [0.05, 0.1) is 6.54 Å². The fourth-order valence-electron chi connectivity index (χ4n) is 3.56. The third kappa shape index (κ3) is 3.51. The van der Waals surface area contributed by atoms with E-state index in [1.54, 1.807) is 0 Å². The fourth-order valence-corrected chi connectivity index (χ4v) is 3.56. The van der Waals surface area contributed by atoms with Crippen molar-refractivity contribution in [1.29, 1.82) is 0 Å². The minimum Gasteiger partial charge on any atom is -0.480 e. The van der Waals surface area contributed by atoms with Crippen molar-refractivity contribution in [2.24, 2.45) is 11.8 Å². The summed E-state index contributed by atoms with van der Waals surface area (Å²) in [5, 5.41) is 12.3. The molecule has 5 nitrogen and oxygen atoms in total. The van der Waals surface area contributed by atoms with E-state index >= 15 is 0 Å². The zero-order chi connectivity index (χ0) is 14.7. The second-order valence-electron chi connectivity index (χ2n) is 6.57. The first-order valence-electron chi connectivity index (χ1n) is 7.74. The molecule has 3 atom stereocenters. The number of carboxylic acid groups (broad SMARTS) is 1. The van der Waals surface area contributed by atoms with Crippen molar-refractivity contribution in [3.05, 3.63) is 0 Å². The molecule has 114 valence electrons. The summed E-state index contributed by atoms with van der Waals surface area (Å²) >= 11 is 0. The molecule has 2 N–H and O–H groups in total. The van der Waals surface area contributed by atoms with E-state index in [2.05, 4.69) is 5.32 Å². The predicted molar refractivity (Wildman–Crippen MR) is 76.3 cm³/mol. The lowest BCUT2D eigenvalue weighted by atomic mass is 9.85. The molecule has 0 spiro atoms. The average Bonchev–Trinajstić information content (AvgIpc) is 2.76. The molecule has 0 aromatic heterocycles. The molecule has 0 bridgehead atoms. The molecular formula is C15H26N2O3. The molecule has 1 heterocycles. The summed E-state index contributed by atoms with van der Waals surface area (Å²) in [6, 6.07) is -0.192. The number of nitrogens with zero attached hydrogens (tertiary/aromatic N) is 1. The summed E-state index contributed by atoms with van der Waals surface area (Å²) in [5.74, 6) is 0.0465. The van der Waals surface area contributed by atoms with Gasteiger partial charge in [-0.05, 0) is 31.1 Å². The number of carboxylic acids is 1. The molecule has 1 aliphatic carbocycles. The van der Waals surface area contributed by atoms with Gasteiger partial charge in [-0.1, -0.05) is 26.7 Å². The van der Waals surface area contributed by atoms with Crippen molar-refractivity contribution < 1.29 is 14.7 Å². The van der Waals surface area contributed by atoms with Gasteiger partial charge in [0.2, 0.25) is 5.91 Å². The van der Waals surface area contributed by atoms with Crippen LogP contribution < -0.4 is 5.32 Å². The molecule has 20 heavy (non-hydrogen) atoms. The first kappa shape index (κ1) is 15.3. The maximum Gasteiger partial charge on any atom is 0.320 e. The van der Waals surface area contributed by atoms with Gasteiger partial charge in [0, 0.05) is 12.6 Å². The monoisotopic (exact) mass is 282 g/mol. The van der Waals surface area contributed by atoms with Crippen LogP contribution in [-0.4, -0.2) is 47.1 Å². The Labute approximate surface area is 120 Å². The lowest BCUT2D eigenvalue weighted by molar-refractivity contribution is -0.143. The Morgan fingerprint density at radius 3 is 2.65 bits per heavy atom. The van der Waals surface area contributed by atoms with Crippen molar-refractivity contribution in [3.8, 4) is 0 Å². The first-order valence-corrected chi connectivity index (χ1v) is 7.74. The van der Waals surface area contributed by atoms with Crippen LogP contribution in [0, 0.1) is 11.8 Å². The lowest BCUT2D eigenvalue weighted by Crippen LogP contribution is -2.48. The van der Waals surface area contributed by atoms with Gasteiger partial charge >= 0.3 is 5.97 Å². The van der Waals surface area contributed by atoms with Gasteiger partial charge in [-0.25, -0.2) is 0 Å². The molecule has 1 saturated heterocycles. The Bertz CT molecular complexity index is 370. The van der Waals surface area contributed by atoms with Crippen molar-refractivity contribution in [3.63, 3.8) is 0 Å². The topological polar surface area (TPSA) is 69.6 Å². The number of amides is 1. The zero-order valence-corrected chi connectivity index (χ0v) is 12.5. The summed E-state index contributed by atoms with van der Waals surface area (Å²) < 4.78 is 0. The molecule has 0 aromatic rings. The highest BCUT2D eigenvalue weighted by atomic mass is 16.4. The normalized spacial score (nSPS) is 30.2. The van der Waals surface area contributed by atoms with Crippen LogP contribution in [0.2, 0.25) is 0 Å². The smallest absolute Gasteiger partial charge is 0.320 e. The summed E-state index contributed by atoms with van der Waals surface area (Å²) in [7, 11) is 0. The van der Waals surface area contributed by atoms with E-state index in [1.807, 2.05) is 18.7 Å². The molecule has 5 heteroatoms. The predicted octanol–water partition coefficient (Wildman–Crippen LogP) is 1.48. The largest absolute Gasteiger partial charge is 0.480 e. The van der Waals surface area contributed by atoms with Gasteiger partial charge in [0.15, 0.2) is 0 Å². The average molecular weight is 282 g/mol. The van der Waals surface area contributed by atoms with Crippen LogP contribution in [0.15, 0.2) is 0 Å². The molecule has 0 radical (unpaired) electrons. The van der Waals surface area contributed by atoms with Gasteiger partial charge in [-0.2, -0.15) is 0 Å². The maximum absolute atomic E-state index is 12.0. The summed E-state index contributed by atoms with van der Waals surface area (Å²) in [4.78, 5) is 25.4. The highest BCUT2D eigenvalue weighted by molar-refractivity contribution is 5.80. The third-order valence-electron chi connectivity index (χ3n) is 4.54. The molecular weight excluding hydrogens is 256 g/mol. The number of nitrogens with one attached hydrogen (secondary N) is 1. The Hall–Kier alpha value is -1.10. The summed E-state index contributed by atoms with van der Waals surface area (Å²) in [6.07, 6.45) is 5.19. The van der Waals surface area contributed by atoms with Crippen molar-refractivity contribution >= 4 is 11.9 Å². The number of likely N-dealkylation sites (tertiary alicyclic amines) is 1. The lowest BCUT2D eigenvalue weighted by Gasteiger charge is -2.32. The van der Waals surface area contributed by atoms with Crippen LogP contribution in [0.25, 0.3) is 0 Å². The van der Waals surface area contributed by atoms with E-state index in [-0.39, 0.29) is 18.5 Å². The fraction of sp³-hybridized carbons (Fsp3) is 0.867. The molecule has 1 amide bonds. The minimum atomic E-state index is -0.781. The van der Waals surface area contributed by atoms with E-state index in [0.29, 0.717) is 24.8 Å². The van der Waals surface area contributed by atoms with Crippen molar-refractivity contribution in [1.82, 2.24) is 10.2 Å². The first-order chi connectivity index (χ1) is 9.49. The van der Waals surface area contributed by atoms with E-state index in [4.69, 9.17) is 0 Å². The van der Waals surface area contributed by atoms with Crippen LogP contribution in [0.5, 0.6) is 0 Å².